The third-order valence-electron chi connectivity index (χ3n) is 2.16. The molecule has 1 rings (SSSR count). The van der Waals surface area contributed by atoms with E-state index < -0.39 is 0 Å². The minimum Gasteiger partial charge on any atom is -0.380 e. The van der Waals surface area contributed by atoms with Crippen molar-refractivity contribution in [3.05, 3.63) is 12.2 Å². The highest BCUT2D eigenvalue weighted by Gasteiger charge is 2.06. The Morgan fingerprint density at radius 2 is 2.25 bits per heavy atom. The van der Waals surface area contributed by atoms with E-state index in [0.29, 0.717) is 0 Å². The summed E-state index contributed by atoms with van der Waals surface area (Å²) < 4.78 is 5.37. The number of hydrogen-bond acceptors (Lipinski definition) is 2. The maximum absolute atomic E-state index is 5.37. The Kier molecular flexibility index (Phi) is 5.04. The predicted octanol–water partition coefficient (Wildman–Crippen LogP) is 1.67. The highest BCUT2D eigenvalue weighted by Crippen LogP contribution is 2.00. The number of rotatable bonds is 3. The van der Waals surface area contributed by atoms with Gasteiger partial charge in [0, 0.05) is 26.2 Å². The van der Waals surface area contributed by atoms with Crippen LogP contribution in [-0.4, -0.2) is 37.7 Å². The van der Waals surface area contributed by atoms with Crippen LogP contribution in [0.1, 0.15) is 19.8 Å². The lowest BCUT2D eigenvalue weighted by atomic mass is 10.3. The van der Waals surface area contributed by atoms with Crippen LogP contribution in [0.5, 0.6) is 0 Å². The van der Waals surface area contributed by atoms with E-state index in [-0.39, 0.29) is 0 Å². The zero-order valence-corrected chi connectivity index (χ0v) is 7.96. The van der Waals surface area contributed by atoms with Crippen LogP contribution in [0, 0.1) is 0 Å². The highest BCUT2D eigenvalue weighted by molar-refractivity contribution is 4.78. The van der Waals surface area contributed by atoms with Crippen LogP contribution >= 0.6 is 0 Å². The van der Waals surface area contributed by atoms with Crippen LogP contribution in [0.4, 0.5) is 0 Å². The number of nitrogens with zero attached hydrogens (tertiary/aromatic N) is 1. The maximum Gasteiger partial charge on any atom is 0.0593 e. The standard InChI is InChI=1S/C10H19NO/c1-2-3-4-6-11-7-5-9-12-10-8-11/h2-3H,4-10H2,1H3/b3-2+. The summed E-state index contributed by atoms with van der Waals surface area (Å²) in [5, 5.41) is 0. The van der Waals surface area contributed by atoms with Gasteiger partial charge in [0.25, 0.3) is 0 Å². The second kappa shape index (κ2) is 6.21. The normalized spacial score (nSPS) is 21.4. The molecule has 0 aromatic rings. The van der Waals surface area contributed by atoms with Gasteiger partial charge in [-0.3, -0.25) is 0 Å². The second-order valence-electron chi connectivity index (χ2n) is 3.17. The summed E-state index contributed by atoms with van der Waals surface area (Å²) in [6, 6.07) is 0. The second-order valence-corrected chi connectivity index (χ2v) is 3.17. The summed E-state index contributed by atoms with van der Waals surface area (Å²) in [7, 11) is 0. The molecular weight excluding hydrogens is 150 g/mol. The number of hydrogen-bond donors (Lipinski definition) is 0. The maximum atomic E-state index is 5.37. The predicted molar refractivity (Wildman–Crippen MR) is 51.3 cm³/mol. The van der Waals surface area contributed by atoms with Crippen LogP contribution in [-0.2, 0) is 4.74 Å². The van der Waals surface area contributed by atoms with Crippen LogP contribution in [0.15, 0.2) is 12.2 Å². The van der Waals surface area contributed by atoms with Crippen molar-refractivity contribution in [3.63, 3.8) is 0 Å². The molecule has 1 aliphatic rings. The lowest BCUT2D eigenvalue weighted by Gasteiger charge is -2.17. The van der Waals surface area contributed by atoms with Crippen LogP contribution in [0.25, 0.3) is 0 Å². The lowest BCUT2D eigenvalue weighted by molar-refractivity contribution is 0.141. The van der Waals surface area contributed by atoms with E-state index in [1.807, 2.05) is 0 Å². The topological polar surface area (TPSA) is 12.5 Å². The molecule has 2 nitrogen and oxygen atoms in total. The fraction of sp³-hybridized carbons (Fsp3) is 0.800. The molecule has 0 bridgehead atoms. The summed E-state index contributed by atoms with van der Waals surface area (Å²) in [6.07, 6.45) is 6.71. The van der Waals surface area contributed by atoms with Crippen molar-refractivity contribution in [2.24, 2.45) is 0 Å². The molecule has 1 saturated heterocycles. The third-order valence-corrected chi connectivity index (χ3v) is 2.16. The number of allylic oxidation sites excluding steroid dienone is 1. The molecule has 0 N–H and O–H groups in total. The Morgan fingerprint density at radius 1 is 1.33 bits per heavy atom. The smallest absolute Gasteiger partial charge is 0.0593 e. The zero-order chi connectivity index (χ0) is 8.65. The van der Waals surface area contributed by atoms with E-state index in [1.54, 1.807) is 0 Å². The molecule has 0 aromatic heterocycles. The van der Waals surface area contributed by atoms with E-state index in [4.69, 9.17) is 4.74 Å². The first-order valence-electron chi connectivity index (χ1n) is 4.84. The van der Waals surface area contributed by atoms with Gasteiger partial charge in [-0.15, -0.1) is 0 Å². The molecule has 0 radical (unpaired) electrons. The minimum atomic E-state index is 0.913. The SMILES string of the molecule is C/C=C/CCN1CCCOCC1. The Bertz CT molecular complexity index is 126. The van der Waals surface area contributed by atoms with Crippen LogP contribution in [0.2, 0.25) is 0 Å². The fourth-order valence-electron chi connectivity index (χ4n) is 1.45. The van der Waals surface area contributed by atoms with Gasteiger partial charge in [0.05, 0.1) is 6.61 Å². The summed E-state index contributed by atoms with van der Waals surface area (Å²) in [5.74, 6) is 0. The molecule has 1 fully saturated rings. The average Bonchev–Trinajstić information content (AvgIpc) is 2.33. The largest absolute Gasteiger partial charge is 0.380 e. The first kappa shape index (κ1) is 9.75. The van der Waals surface area contributed by atoms with E-state index in [0.717, 1.165) is 19.8 Å². The third kappa shape index (κ3) is 3.88. The van der Waals surface area contributed by atoms with Crippen LogP contribution in [0.3, 0.4) is 0 Å². The van der Waals surface area contributed by atoms with E-state index in [2.05, 4.69) is 24.0 Å². The van der Waals surface area contributed by atoms with E-state index in [1.165, 1.54) is 25.9 Å². The van der Waals surface area contributed by atoms with Gasteiger partial charge in [-0.1, -0.05) is 12.2 Å². The first-order chi connectivity index (χ1) is 5.93. The van der Waals surface area contributed by atoms with Crippen molar-refractivity contribution >= 4 is 0 Å². The Balaban J connectivity index is 2.11. The van der Waals surface area contributed by atoms with Crippen molar-refractivity contribution in [3.8, 4) is 0 Å². The van der Waals surface area contributed by atoms with Gasteiger partial charge in [0.2, 0.25) is 0 Å². The highest BCUT2D eigenvalue weighted by atomic mass is 16.5. The quantitative estimate of drug-likeness (QED) is 0.596. The lowest BCUT2D eigenvalue weighted by Crippen LogP contribution is -2.27. The minimum absolute atomic E-state index is 0.913. The van der Waals surface area contributed by atoms with Gasteiger partial charge in [-0.2, -0.15) is 0 Å². The number of ether oxygens (including phenoxy) is 1. The molecule has 12 heavy (non-hydrogen) atoms. The van der Waals surface area contributed by atoms with Crippen molar-refractivity contribution in [1.29, 1.82) is 0 Å². The molecule has 0 aromatic carbocycles. The Morgan fingerprint density at radius 3 is 3.08 bits per heavy atom. The molecule has 1 aliphatic heterocycles. The molecule has 0 aliphatic carbocycles. The molecule has 0 amide bonds. The van der Waals surface area contributed by atoms with Crippen molar-refractivity contribution < 1.29 is 4.74 Å². The molecule has 2 heteroatoms. The van der Waals surface area contributed by atoms with Gasteiger partial charge in [0.15, 0.2) is 0 Å². The van der Waals surface area contributed by atoms with Gasteiger partial charge in [-0.05, 0) is 19.8 Å². The summed E-state index contributed by atoms with van der Waals surface area (Å²) >= 11 is 0. The van der Waals surface area contributed by atoms with Crippen molar-refractivity contribution in [2.45, 2.75) is 19.8 Å². The summed E-state index contributed by atoms with van der Waals surface area (Å²) in [6.45, 7) is 7.43. The Hall–Kier alpha value is -0.340. The van der Waals surface area contributed by atoms with Crippen molar-refractivity contribution in [1.82, 2.24) is 4.90 Å². The van der Waals surface area contributed by atoms with Gasteiger partial charge < -0.3 is 9.64 Å². The molecule has 0 spiro atoms. The zero-order valence-electron chi connectivity index (χ0n) is 7.96. The summed E-state index contributed by atoms with van der Waals surface area (Å²) in [5.41, 5.74) is 0. The first-order valence-corrected chi connectivity index (χ1v) is 4.84. The van der Waals surface area contributed by atoms with Crippen LogP contribution < -0.4 is 0 Å². The molecule has 70 valence electrons. The van der Waals surface area contributed by atoms with Gasteiger partial charge >= 0.3 is 0 Å². The molecule has 1 heterocycles. The molecule has 0 atom stereocenters. The fourth-order valence-corrected chi connectivity index (χ4v) is 1.45. The van der Waals surface area contributed by atoms with E-state index >= 15 is 0 Å². The molecule has 0 unspecified atom stereocenters. The monoisotopic (exact) mass is 169 g/mol. The van der Waals surface area contributed by atoms with Crippen molar-refractivity contribution in [2.75, 3.05) is 32.8 Å². The average molecular weight is 169 g/mol. The van der Waals surface area contributed by atoms with E-state index in [9.17, 15) is 0 Å². The Labute approximate surface area is 75.2 Å². The summed E-state index contributed by atoms with van der Waals surface area (Å²) in [4.78, 5) is 2.48. The van der Waals surface area contributed by atoms with Gasteiger partial charge in [-0.25, -0.2) is 0 Å². The van der Waals surface area contributed by atoms with Gasteiger partial charge in [0.1, 0.15) is 0 Å². The molecular formula is C10H19NO. The molecule has 0 saturated carbocycles.